The van der Waals surface area contributed by atoms with E-state index in [1.54, 1.807) is 0 Å². The highest BCUT2D eigenvalue weighted by atomic mass is 79.9. The molecule has 0 aliphatic carbocycles. The molecule has 1 aliphatic heterocycles. The number of rotatable bonds is 1. The van der Waals surface area contributed by atoms with Gasteiger partial charge in [-0.25, -0.2) is 4.79 Å². The minimum atomic E-state index is -0.461. The Balaban J connectivity index is 1.98. The lowest BCUT2D eigenvalue weighted by atomic mass is 10.0. The molecule has 23 heavy (non-hydrogen) atoms. The number of carbonyl (C=O) groups excluding carboxylic acids is 1. The van der Waals surface area contributed by atoms with Gasteiger partial charge in [0.2, 0.25) is 0 Å². The van der Waals surface area contributed by atoms with Crippen LogP contribution in [0.3, 0.4) is 0 Å². The van der Waals surface area contributed by atoms with E-state index in [1.165, 1.54) is 22.2 Å². The number of halogens is 1. The van der Waals surface area contributed by atoms with Gasteiger partial charge in [-0.1, -0.05) is 15.9 Å². The first-order valence-electron chi connectivity index (χ1n) is 8.07. The monoisotopic (exact) mass is 378 g/mol. The van der Waals surface area contributed by atoms with Crippen LogP contribution in [-0.4, -0.2) is 27.7 Å². The maximum absolute atomic E-state index is 12.4. The largest absolute Gasteiger partial charge is 0.444 e. The number of hydrogen-bond donors (Lipinski definition) is 0. The lowest BCUT2D eigenvalue weighted by Gasteiger charge is -2.30. The van der Waals surface area contributed by atoms with Gasteiger partial charge in [0.15, 0.2) is 0 Å². The summed E-state index contributed by atoms with van der Waals surface area (Å²) in [5, 5.41) is 1.23. The molecule has 3 rings (SSSR count). The number of aromatic nitrogens is 1. The van der Waals surface area contributed by atoms with Crippen LogP contribution in [0.4, 0.5) is 4.79 Å². The van der Waals surface area contributed by atoms with Crippen molar-refractivity contribution in [1.82, 2.24) is 9.47 Å². The molecule has 1 amide bonds. The van der Waals surface area contributed by atoms with Crippen LogP contribution in [0.1, 0.15) is 39.0 Å². The van der Waals surface area contributed by atoms with Crippen LogP contribution in [0.5, 0.6) is 0 Å². The van der Waals surface area contributed by atoms with Crippen LogP contribution in [0.2, 0.25) is 0 Å². The Bertz CT molecular complexity index is 758. The third-order valence-corrected chi connectivity index (χ3v) is 4.68. The van der Waals surface area contributed by atoms with Crippen molar-refractivity contribution in [2.75, 3.05) is 6.54 Å². The summed E-state index contributed by atoms with van der Waals surface area (Å²) in [7, 11) is 0. The molecule has 1 aliphatic rings. The van der Waals surface area contributed by atoms with Crippen molar-refractivity contribution in [3.63, 3.8) is 0 Å². The predicted octanol–water partition coefficient (Wildman–Crippen LogP) is 4.72. The van der Waals surface area contributed by atoms with Crippen molar-refractivity contribution in [1.29, 1.82) is 0 Å². The molecule has 0 fully saturated rings. The topological polar surface area (TPSA) is 34.5 Å². The van der Waals surface area contributed by atoms with Crippen molar-refractivity contribution >= 4 is 32.9 Å². The number of amides is 1. The fourth-order valence-corrected chi connectivity index (χ4v) is 3.63. The van der Waals surface area contributed by atoms with Crippen LogP contribution in [0.15, 0.2) is 22.7 Å². The number of aryl methyl sites for hydroxylation is 1. The van der Waals surface area contributed by atoms with Crippen molar-refractivity contribution in [3.8, 4) is 0 Å². The summed E-state index contributed by atoms with van der Waals surface area (Å²) >= 11 is 3.56. The van der Waals surface area contributed by atoms with Gasteiger partial charge in [-0.2, -0.15) is 0 Å². The Morgan fingerprint density at radius 3 is 2.74 bits per heavy atom. The van der Waals surface area contributed by atoms with E-state index in [9.17, 15) is 4.79 Å². The third-order valence-electron chi connectivity index (χ3n) is 4.18. The summed E-state index contributed by atoms with van der Waals surface area (Å²) in [5.41, 5.74) is 3.38. The zero-order valence-electron chi connectivity index (χ0n) is 14.1. The molecule has 0 bridgehead atoms. The summed E-state index contributed by atoms with van der Waals surface area (Å²) in [6, 6.07) is 6.38. The fraction of sp³-hybridized carbons (Fsp3) is 0.500. The van der Waals surface area contributed by atoms with Gasteiger partial charge in [0.1, 0.15) is 5.60 Å². The Kier molecular flexibility index (Phi) is 4.17. The van der Waals surface area contributed by atoms with Gasteiger partial charge in [0.05, 0.1) is 6.54 Å². The Labute approximate surface area is 145 Å². The Morgan fingerprint density at radius 1 is 1.35 bits per heavy atom. The molecule has 0 radical (unpaired) electrons. The molecule has 0 spiro atoms. The molecule has 1 aromatic heterocycles. The third kappa shape index (κ3) is 3.11. The second-order valence-corrected chi connectivity index (χ2v) is 7.90. The van der Waals surface area contributed by atoms with Gasteiger partial charge in [-0.05, 0) is 45.9 Å². The summed E-state index contributed by atoms with van der Waals surface area (Å²) in [5.74, 6) is 0. The van der Waals surface area contributed by atoms with Crippen LogP contribution in [0.25, 0.3) is 10.9 Å². The summed E-state index contributed by atoms with van der Waals surface area (Å²) in [4.78, 5) is 14.2. The molecular weight excluding hydrogens is 356 g/mol. The smallest absolute Gasteiger partial charge is 0.410 e. The first-order chi connectivity index (χ1) is 10.8. The quantitative estimate of drug-likeness (QED) is 0.719. The molecule has 4 nitrogen and oxygen atoms in total. The summed E-state index contributed by atoms with van der Waals surface area (Å²) in [6.45, 7) is 10.1. The molecule has 0 saturated heterocycles. The maximum Gasteiger partial charge on any atom is 0.410 e. The van der Waals surface area contributed by atoms with Crippen LogP contribution in [-0.2, 0) is 24.2 Å². The van der Waals surface area contributed by atoms with E-state index >= 15 is 0 Å². The molecule has 0 unspecified atom stereocenters. The first-order valence-corrected chi connectivity index (χ1v) is 8.87. The molecule has 5 heteroatoms. The molecule has 0 N–H and O–H groups in total. The van der Waals surface area contributed by atoms with Gasteiger partial charge in [0.25, 0.3) is 0 Å². The highest BCUT2D eigenvalue weighted by molar-refractivity contribution is 9.10. The van der Waals surface area contributed by atoms with Gasteiger partial charge in [-0.3, -0.25) is 0 Å². The molecule has 124 valence electrons. The van der Waals surface area contributed by atoms with E-state index in [0.717, 1.165) is 17.4 Å². The normalized spacial score (nSPS) is 14.9. The Morgan fingerprint density at radius 2 is 2.09 bits per heavy atom. The molecule has 2 heterocycles. The molecule has 0 atom stereocenters. The average molecular weight is 379 g/mol. The SMILES string of the molecule is CCn1c2c(c3cc(Br)ccc31)CN(C(=O)OC(C)(C)C)CC2. The van der Waals surface area contributed by atoms with E-state index < -0.39 is 5.60 Å². The van der Waals surface area contributed by atoms with E-state index in [0.29, 0.717) is 13.1 Å². The van der Waals surface area contributed by atoms with Crippen LogP contribution >= 0.6 is 15.9 Å². The minimum Gasteiger partial charge on any atom is -0.444 e. The van der Waals surface area contributed by atoms with Gasteiger partial charge in [-0.15, -0.1) is 0 Å². The minimum absolute atomic E-state index is 0.226. The lowest BCUT2D eigenvalue weighted by molar-refractivity contribution is 0.0223. The highest BCUT2D eigenvalue weighted by Gasteiger charge is 2.29. The maximum atomic E-state index is 12.4. The van der Waals surface area contributed by atoms with Crippen molar-refractivity contribution in [2.45, 2.75) is 52.8 Å². The highest BCUT2D eigenvalue weighted by Crippen LogP contribution is 2.33. The van der Waals surface area contributed by atoms with Crippen LogP contribution in [0, 0.1) is 0 Å². The van der Waals surface area contributed by atoms with Crippen LogP contribution < -0.4 is 0 Å². The van der Waals surface area contributed by atoms with E-state index in [1.807, 2.05) is 25.7 Å². The molecule has 2 aromatic rings. The number of hydrogen-bond acceptors (Lipinski definition) is 2. The number of nitrogens with zero attached hydrogens (tertiary/aromatic N) is 2. The lowest BCUT2D eigenvalue weighted by Crippen LogP contribution is -2.40. The standard InChI is InChI=1S/C18H23BrN2O2/c1-5-21-15-7-6-12(19)10-13(15)14-11-20(9-8-16(14)21)17(22)23-18(2,3)4/h6-7,10H,5,8-9,11H2,1-4H3. The molecular formula is C18H23BrN2O2. The van der Waals surface area contributed by atoms with E-state index in [4.69, 9.17) is 4.74 Å². The van der Waals surface area contributed by atoms with Crippen molar-refractivity contribution < 1.29 is 9.53 Å². The molecule has 0 saturated carbocycles. The predicted molar refractivity (Wildman–Crippen MR) is 95.7 cm³/mol. The van der Waals surface area contributed by atoms with Gasteiger partial charge in [0, 0.05) is 46.1 Å². The van der Waals surface area contributed by atoms with Crippen molar-refractivity contribution in [3.05, 3.63) is 33.9 Å². The number of carbonyl (C=O) groups is 1. The number of ether oxygens (including phenoxy) is 1. The average Bonchev–Trinajstić information content (AvgIpc) is 2.77. The number of fused-ring (bicyclic) bond motifs is 3. The second-order valence-electron chi connectivity index (χ2n) is 6.98. The van der Waals surface area contributed by atoms with E-state index in [2.05, 4.69) is 45.6 Å². The summed E-state index contributed by atoms with van der Waals surface area (Å²) < 4.78 is 8.96. The van der Waals surface area contributed by atoms with Crippen molar-refractivity contribution in [2.24, 2.45) is 0 Å². The van der Waals surface area contributed by atoms with E-state index in [-0.39, 0.29) is 6.09 Å². The van der Waals surface area contributed by atoms with Gasteiger partial charge < -0.3 is 14.2 Å². The zero-order chi connectivity index (χ0) is 16.8. The van der Waals surface area contributed by atoms with Gasteiger partial charge >= 0.3 is 6.09 Å². The molecule has 1 aromatic carbocycles. The number of benzene rings is 1. The fourth-order valence-electron chi connectivity index (χ4n) is 3.27. The second kappa shape index (κ2) is 5.86. The Hall–Kier alpha value is -1.49. The zero-order valence-corrected chi connectivity index (χ0v) is 15.7. The summed E-state index contributed by atoms with van der Waals surface area (Å²) in [6.07, 6.45) is 0.643. The first kappa shape index (κ1) is 16.4.